The lowest BCUT2D eigenvalue weighted by atomic mass is 9.72. The van der Waals surface area contributed by atoms with Crippen molar-refractivity contribution >= 4 is 48.9 Å². The van der Waals surface area contributed by atoms with Crippen LogP contribution < -0.4 is 10.0 Å². The van der Waals surface area contributed by atoms with Crippen molar-refractivity contribution in [3.05, 3.63) is 18.2 Å². The van der Waals surface area contributed by atoms with Crippen LogP contribution in [0.1, 0.15) is 32.1 Å². The van der Waals surface area contributed by atoms with Crippen LogP contribution in [0.2, 0.25) is 0 Å². The number of nitrogens with one attached hydrogen (secondary N) is 2. The monoisotopic (exact) mass is 574 g/mol. The molecule has 38 heavy (non-hydrogen) atoms. The third-order valence-corrected chi connectivity index (χ3v) is 10.6. The maximum absolute atomic E-state index is 13.9. The third kappa shape index (κ3) is 3.91. The smallest absolute Gasteiger partial charge is 0.341 e. The molecule has 2 heterocycles. The second-order valence-electron chi connectivity index (χ2n) is 11.1. The highest BCUT2D eigenvalue weighted by atomic mass is 32.2. The van der Waals surface area contributed by atoms with E-state index >= 15 is 0 Å². The van der Waals surface area contributed by atoms with Gasteiger partial charge in [-0.25, -0.2) is 8.42 Å². The van der Waals surface area contributed by atoms with Crippen molar-refractivity contribution in [2.24, 2.45) is 33.5 Å². The average Bonchev–Trinajstić information content (AvgIpc) is 3.30. The first kappa shape index (κ1) is 25.6. The third-order valence-electron chi connectivity index (χ3n) is 8.62. The zero-order valence-electron chi connectivity index (χ0n) is 20.2. The number of anilines is 2. The molecule has 2 N–H and O–H groups in total. The molecule has 0 aromatic heterocycles. The molecule has 6 rings (SSSR count). The zero-order chi connectivity index (χ0) is 27.4. The Bertz CT molecular complexity index is 1500. The van der Waals surface area contributed by atoms with Gasteiger partial charge in [-0.15, -0.1) is 4.40 Å². The van der Waals surface area contributed by atoms with E-state index in [2.05, 4.69) is 14.4 Å². The molecule has 1 amide bonds. The fourth-order valence-corrected chi connectivity index (χ4v) is 8.50. The Morgan fingerprint density at radius 2 is 1.87 bits per heavy atom. The summed E-state index contributed by atoms with van der Waals surface area (Å²) in [6.07, 6.45) is -1.70. The molecule has 2 aliphatic heterocycles. The zero-order valence-corrected chi connectivity index (χ0v) is 21.8. The number of likely N-dealkylation sites (tertiary alicyclic amines) is 1. The predicted octanol–water partition coefficient (Wildman–Crippen LogP) is 2.36. The summed E-state index contributed by atoms with van der Waals surface area (Å²) < 4.78 is 96.7. The molecule has 3 aliphatic carbocycles. The number of amidine groups is 1. The van der Waals surface area contributed by atoms with E-state index in [9.17, 15) is 39.6 Å². The number of benzene rings is 1. The van der Waals surface area contributed by atoms with E-state index in [4.69, 9.17) is 0 Å². The minimum Gasteiger partial charge on any atom is -0.341 e. The summed E-state index contributed by atoms with van der Waals surface area (Å²) in [6, 6.07) is 3.01. The maximum Gasteiger partial charge on any atom is 0.396 e. The number of piperidine rings is 1. The predicted molar refractivity (Wildman–Crippen MR) is 129 cm³/mol. The second-order valence-corrected chi connectivity index (χ2v) is 14.4. The number of sulfonamides is 2. The normalized spacial score (nSPS) is 32.8. The van der Waals surface area contributed by atoms with Gasteiger partial charge in [0.25, 0.3) is 10.0 Å². The van der Waals surface area contributed by atoms with Gasteiger partial charge in [0, 0.05) is 24.2 Å². The number of nitrogens with zero attached hydrogens (tertiary/aromatic N) is 2. The van der Waals surface area contributed by atoms with Crippen LogP contribution in [-0.2, 0) is 29.6 Å². The molecule has 15 heteroatoms. The Kier molecular flexibility index (Phi) is 5.34. The summed E-state index contributed by atoms with van der Waals surface area (Å²) in [7, 11) is -8.17. The molecule has 2 bridgehead atoms. The quantitative estimate of drug-likeness (QED) is 0.514. The highest BCUT2D eigenvalue weighted by molar-refractivity contribution is 7.92. The van der Waals surface area contributed by atoms with Crippen LogP contribution in [-0.4, -0.2) is 64.3 Å². The molecule has 5 atom stereocenters. The van der Waals surface area contributed by atoms with Crippen LogP contribution >= 0.6 is 0 Å². The Morgan fingerprint density at radius 1 is 1.18 bits per heavy atom. The maximum atomic E-state index is 13.9. The summed E-state index contributed by atoms with van der Waals surface area (Å²) in [5.41, 5.74) is -2.06. The Balaban J connectivity index is 1.38. The number of carbonyl (C=O) groups excluding carboxylic acids is 2. The number of hydrogen-bond acceptors (Lipinski definition) is 7. The highest BCUT2D eigenvalue weighted by Gasteiger charge is 2.67. The number of Topliss-reactive ketones (excluding diaryl/α,β-unsaturated/α-hetero) is 1. The van der Waals surface area contributed by atoms with Crippen LogP contribution in [0.3, 0.4) is 0 Å². The lowest BCUT2D eigenvalue weighted by Crippen LogP contribution is -2.63. The van der Waals surface area contributed by atoms with Crippen LogP contribution in [0, 0.1) is 29.1 Å². The van der Waals surface area contributed by atoms with E-state index in [1.807, 2.05) is 0 Å². The number of amides is 1. The van der Waals surface area contributed by atoms with Crippen molar-refractivity contribution in [1.82, 2.24) is 4.90 Å². The highest BCUT2D eigenvalue weighted by Crippen LogP contribution is 2.60. The summed E-state index contributed by atoms with van der Waals surface area (Å²) in [5, 5.41) is 2.73. The van der Waals surface area contributed by atoms with Gasteiger partial charge in [-0.1, -0.05) is 0 Å². The topological polar surface area (TPSA) is 142 Å². The fourth-order valence-electron chi connectivity index (χ4n) is 6.76. The summed E-state index contributed by atoms with van der Waals surface area (Å²) in [4.78, 5) is 28.3. The van der Waals surface area contributed by atoms with Crippen molar-refractivity contribution < 1.29 is 39.6 Å². The summed E-state index contributed by atoms with van der Waals surface area (Å²) in [6.45, 7) is -0.555. The van der Waals surface area contributed by atoms with E-state index in [0.717, 1.165) is 25.2 Å². The van der Waals surface area contributed by atoms with Crippen molar-refractivity contribution in [2.45, 2.75) is 49.2 Å². The van der Waals surface area contributed by atoms with Crippen LogP contribution in [0.15, 0.2) is 27.5 Å². The molecule has 10 nitrogen and oxygen atoms in total. The molecular weight excluding hydrogens is 549 g/mol. The largest absolute Gasteiger partial charge is 0.396 e. The number of rotatable bonds is 5. The van der Waals surface area contributed by atoms with Crippen LogP contribution in [0.25, 0.3) is 0 Å². The standard InChI is InChI=1S/C23H25F3N4O6S2/c1-37(33,34)28-13-4-5-14-15(9-13)38(35,36)29-20(27-14)17-19(31)16-11-2-3-12(8-11)18(16)30(21(17)32)10-22(6-7-22)23(24,25)26/h4-5,9,11-12,16-18,28H,2-3,6-8,10H2,1H3,(H,27,29). The van der Waals surface area contributed by atoms with E-state index in [-0.39, 0.29) is 40.9 Å². The second kappa shape index (κ2) is 7.93. The molecule has 1 aromatic carbocycles. The molecule has 206 valence electrons. The van der Waals surface area contributed by atoms with Gasteiger partial charge >= 0.3 is 6.18 Å². The fraction of sp³-hybridized carbons (Fsp3) is 0.609. The van der Waals surface area contributed by atoms with E-state index in [1.165, 1.54) is 17.0 Å². The van der Waals surface area contributed by atoms with E-state index in [0.29, 0.717) is 6.42 Å². The van der Waals surface area contributed by atoms with Gasteiger partial charge in [-0.3, -0.25) is 14.3 Å². The molecular formula is C23H25F3N4O6S2. The lowest BCUT2D eigenvalue weighted by Gasteiger charge is -2.47. The minimum atomic E-state index is -4.50. The summed E-state index contributed by atoms with van der Waals surface area (Å²) in [5.74, 6) is -4.30. The van der Waals surface area contributed by atoms with Crippen LogP contribution in [0.4, 0.5) is 24.5 Å². The van der Waals surface area contributed by atoms with Crippen molar-refractivity contribution in [2.75, 3.05) is 22.8 Å². The Hall–Kier alpha value is -2.68. The molecule has 5 aliphatic rings. The van der Waals surface area contributed by atoms with Crippen molar-refractivity contribution in [3.63, 3.8) is 0 Å². The number of ketones is 1. The van der Waals surface area contributed by atoms with Crippen molar-refractivity contribution in [3.8, 4) is 0 Å². The Morgan fingerprint density at radius 3 is 2.50 bits per heavy atom. The number of carbonyl (C=O) groups is 2. The Labute approximate surface area is 217 Å². The van der Waals surface area contributed by atoms with Crippen LogP contribution in [0.5, 0.6) is 0 Å². The molecule has 5 unspecified atom stereocenters. The van der Waals surface area contributed by atoms with E-state index in [1.54, 1.807) is 0 Å². The average molecular weight is 575 g/mol. The lowest BCUT2D eigenvalue weighted by molar-refractivity contribution is -0.197. The molecule has 0 radical (unpaired) electrons. The number of hydrogen-bond donors (Lipinski definition) is 2. The van der Waals surface area contributed by atoms with Gasteiger partial charge in [0.15, 0.2) is 11.7 Å². The van der Waals surface area contributed by atoms with Gasteiger partial charge in [0.05, 0.1) is 17.4 Å². The van der Waals surface area contributed by atoms with Crippen molar-refractivity contribution in [1.29, 1.82) is 0 Å². The first-order valence-corrected chi connectivity index (χ1v) is 15.6. The molecule has 4 fully saturated rings. The van der Waals surface area contributed by atoms with Gasteiger partial charge in [0.1, 0.15) is 10.7 Å². The van der Waals surface area contributed by atoms with Gasteiger partial charge in [-0.05, 0) is 62.1 Å². The molecule has 3 saturated carbocycles. The first-order chi connectivity index (χ1) is 17.6. The number of halogens is 3. The summed E-state index contributed by atoms with van der Waals surface area (Å²) >= 11 is 0. The minimum absolute atomic E-state index is 0.0229. The first-order valence-electron chi connectivity index (χ1n) is 12.2. The van der Waals surface area contributed by atoms with E-state index < -0.39 is 73.6 Å². The number of alkyl halides is 3. The molecule has 1 aromatic rings. The van der Waals surface area contributed by atoms with Gasteiger partial charge in [0.2, 0.25) is 15.9 Å². The molecule has 0 spiro atoms. The molecule has 1 saturated heterocycles. The number of fused-ring (bicyclic) bond motifs is 6. The van der Waals surface area contributed by atoms with Gasteiger partial charge < -0.3 is 10.2 Å². The van der Waals surface area contributed by atoms with Gasteiger partial charge in [-0.2, -0.15) is 21.6 Å². The SMILES string of the molecule is CS(=O)(=O)Nc1ccc2c(c1)S(=O)(=O)N=C(C1C(=O)C3C4CCC(C4)C3N(CC3(C(F)(F)F)CC3)C1=O)N2.